The third-order valence-electron chi connectivity index (χ3n) is 5.79. The summed E-state index contributed by atoms with van der Waals surface area (Å²) in [6, 6.07) is 13.9. The monoisotopic (exact) mass is 378 g/mol. The molecule has 1 aliphatic carbocycles. The third-order valence-corrected chi connectivity index (χ3v) is 5.79. The van der Waals surface area contributed by atoms with E-state index in [1.54, 1.807) is 18.9 Å². The summed E-state index contributed by atoms with van der Waals surface area (Å²) in [7, 11) is 1.66. The molecule has 2 aromatic rings. The van der Waals surface area contributed by atoms with Crippen LogP contribution < -0.4 is 15.0 Å². The Balaban J connectivity index is 1.46. The molecule has 0 spiro atoms. The maximum atomic E-state index is 12.8. The molecule has 2 amide bonds. The number of fused-ring (bicyclic) bond motifs is 1. The number of nitrogens with one attached hydrogen (secondary N) is 1. The Labute approximate surface area is 165 Å². The number of rotatable bonds is 6. The molecule has 5 heteroatoms. The highest BCUT2D eigenvalue weighted by molar-refractivity contribution is 5.96. The Hall–Kier alpha value is -2.82. The molecule has 0 bridgehead atoms. The molecule has 0 radical (unpaired) electrons. The van der Waals surface area contributed by atoms with Gasteiger partial charge in [-0.3, -0.25) is 9.59 Å². The minimum atomic E-state index is 0.0139. The predicted molar refractivity (Wildman–Crippen MR) is 110 cm³/mol. The summed E-state index contributed by atoms with van der Waals surface area (Å²) in [5.74, 6) is 1.69. The summed E-state index contributed by atoms with van der Waals surface area (Å²) in [5, 5.41) is 3.03. The number of anilines is 2. The fourth-order valence-electron chi connectivity index (χ4n) is 4.10. The average Bonchev–Trinajstić information content (AvgIpc) is 3.44. The first-order valence-corrected chi connectivity index (χ1v) is 9.90. The Morgan fingerprint density at radius 1 is 1.18 bits per heavy atom. The van der Waals surface area contributed by atoms with E-state index < -0.39 is 0 Å². The van der Waals surface area contributed by atoms with E-state index in [-0.39, 0.29) is 17.7 Å². The second-order valence-corrected chi connectivity index (χ2v) is 7.73. The third kappa shape index (κ3) is 3.88. The second kappa shape index (κ2) is 7.66. The van der Waals surface area contributed by atoms with Gasteiger partial charge in [-0.15, -0.1) is 0 Å². The zero-order valence-electron chi connectivity index (χ0n) is 16.4. The molecule has 1 N–H and O–H groups in total. The summed E-state index contributed by atoms with van der Waals surface area (Å²) >= 11 is 0. The zero-order valence-corrected chi connectivity index (χ0v) is 16.4. The minimum Gasteiger partial charge on any atom is -0.497 e. The molecule has 0 saturated heterocycles. The highest BCUT2D eigenvalue weighted by Gasteiger charge is 2.33. The van der Waals surface area contributed by atoms with E-state index in [2.05, 4.69) is 17.4 Å². The van der Waals surface area contributed by atoms with Gasteiger partial charge in [-0.1, -0.05) is 18.2 Å². The van der Waals surface area contributed by atoms with Crippen LogP contribution >= 0.6 is 0 Å². The highest BCUT2D eigenvalue weighted by atomic mass is 16.5. The van der Waals surface area contributed by atoms with Crippen molar-refractivity contribution < 1.29 is 14.3 Å². The molecule has 1 heterocycles. The van der Waals surface area contributed by atoms with Gasteiger partial charge in [-0.2, -0.15) is 0 Å². The first-order valence-electron chi connectivity index (χ1n) is 9.90. The topological polar surface area (TPSA) is 58.6 Å². The van der Waals surface area contributed by atoms with E-state index in [1.807, 2.05) is 30.3 Å². The average molecular weight is 378 g/mol. The van der Waals surface area contributed by atoms with Gasteiger partial charge in [0.05, 0.1) is 7.11 Å². The van der Waals surface area contributed by atoms with Gasteiger partial charge in [0.1, 0.15) is 5.75 Å². The molecule has 1 unspecified atom stereocenters. The number of hydrogen-bond donors (Lipinski definition) is 1. The first kappa shape index (κ1) is 18.5. The van der Waals surface area contributed by atoms with Gasteiger partial charge in [0.2, 0.25) is 11.8 Å². The molecule has 0 aromatic heterocycles. The molecule has 1 fully saturated rings. The maximum absolute atomic E-state index is 12.8. The van der Waals surface area contributed by atoms with Crippen LogP contribution in [0.25, 0.3) is 0 Å². The predicted octanol–water partition coefficient (Wildman–Crippen LogP) is 4.13. The molecule has 2 aromatic carbocycles. The number of carbonyl (C=O) groups excluding carboxylic acids is 2. The molecular weight excluding hydrogens is 352 g/mol. The Morgan fingerprint density at radius 3 is 2.57 bits per heavy atom. The summed E-state index contributed by atoms with van der Waals surface area (Å²) in [6.07, 6.45) is 3.68. The lowest BCUT2D eigenvalue weighted by Gasteiger charge is -2.18. The lowest BCUT2D eigenvalue weighted by atomic mass is 9.90. The van der Waals surface area contributed by atoms with Gasteiger partial charge in [0, 0.05) is 31.3 Å². The quantitative estimate of drug-likeness (QED) is 0.822. The van der Waals surface area contributed by atoms with Crippen molar-refractivity contribution in [1.29, 1.82) is 0 Å². The van der Waals surface area contributed by atoms with Crippen LogP contribution in [-0.4, -0.2) is 25.5 Å². The summed E-state index contributed by atoms with van der Waals surface area (Å²) in [5.41, 5.74) is 4.01. The van der Waals surface area contributed by atoms with Crippen LogP contribution in [0.3, 0.4) is 0 Å². The van der Waals surface area contributed by atoms with Crippen molar-refractivity contribution in [2.45, 2.75) is 38.5 Å². The van der Waals surface area contributed by atoms with E-state index in [0.717, 1.165) is 29.1 Å². The largest absolute Gasteiger partial charge is 0.497 e. The molecular formula is C23H26N2O3. The van der Waals surface area contributed by atoms with Crippen LogP contribution in [0.15, 0.2) is 42.5 Å². The van der Waals surface area contributed by atoms with Crippen molar-refractivity contribution in [3.05, 3.63) is 53.6 Å². The van der Waals surface area contributed by atoms with Crippen LogP contribution in [-0.2, 0) is 16.0 Å². The number of carbonyl (C=O) groups is 2. The van der Waals surface area contributed by atoms with Crippen molar-refractivity contribution >= 4 is 23.2 Å². The smallest absolute Gasteiger partial charge is 0.224 e. The Bertz CT molecular complexity index is 887. The van der Waals surface area contributed by atoms with Crippen molar-refractivity contribution in [1.82, 2.24) is 0 Å². The molecule has 146 valence electrons. The lowest BCUT2D eigenvalue weighted by molar-refractivity contribution is -0.117. The normalized spacial score (nSPS) is 16.4. The van der Waals surface area contributed by atoms with E-state index in [1.165, 1.54) is 18.4 Å². The summed E-state index contributed by atoms with van der Waals surface area (Å²) in [4.78, 5) is 26.3. The molecule has 2 aliphatic rings. The number of methoxy groups -OCH3 is 1. The van der Waals surface area contributed by atoms with Crippen molar-refractivity contribution in [3.8, 4) is 5.75 Å². The Morgan fingerprint density at radius 2 is 1.93 bits per heavy atom. The minimum absolute atomic E-state index is 0.0139. The first-order chi connectivity index (χ1) is 13.5. The van der Waals surface area contributed by atoms with Crippen LogP contribution in [0, 0.1) is 5.92 Å². The molecule has 1 atom stereocenters. The summed E-state index contributed by atoms with van der Waals surface area (Å²) in [6.45, 7) is 2.29. The van der Waals surface area contributed by atoms with E-state index >= 15 is 0 Å². The van der Waals surface area contributed by atoms with Gasteiger partial charge in [0.15, 0.2) is 0 Å². The van der Waals surface area contributed by atoms with Crippen molar-refractivity contribution in [2.75, 3.05) is 23.9 Å². The van der Waals surface area contributed by atoms with Gasteiger partial charge >= 0.3 is 0 Å². The van der Waals surface area contributed by atoms with Gasteiger partial charge in [0.25, 0.3) is 0 Å². The van der Waals surface area contributed by atoms with E-state index in [0.29, 0.717) is 18.9 Å². The van der Waals surface area contributed by atoms with Gasteiger partial charge in [-0.25, -0.2) is 0 Å². The van der Waals surface area contributed by atoms with Crippen LogP contribution in [0.2, 0.25) is 0 Å². The number of hydrogen-bond acceptors (Lipinski definition) is 3. The van der Waals surface area contributed by atoms with Crippen molar-refractivity contribution in [2.24, 2.45) is 5.92 Å². The molecule has 5 nitrogen and oxygen atoms in total. The van der Waals surface area contributed by atoms with Crippen molar-refractivity contribution in [3.63, 3.8) is 0 Å². The standard InChI is InChI=1S/C23H26N2O3/c1-15(26)25-12-11-18-5-8-19(13-22(18)25)24-23(27)14-21(16-3-4-16)17-6-9-20(28-2)10-7-17/h5-10,13,16,21H,3-4,11-12,14H2,1-2H3,(H,24,27). The highest BCUT2D eigenvalue weighted by Crippen LogP contribution is 2.45. The fourth-order valence-corrected chi connectivity index (χ4v) is 4.10. The fraction of sp³-hybridized carbons (Fsp3) is 0.391. The number of nitrogens with zero attached hydrogens (tertiary/aromatic N) is 1. The maximum Gasteiger partial charge on any atom is 0.224 e. The van der Waals surface area contributed by atoms with E-state index in [4.69, 9.17) is 4.74 Å². The molecule has 1 saturated carbocycles. The zero-order chi connectivity index (χ0) is 19.7. The summed E-state index contributed by atoms with van der Waals surface area (Å²) < 4.78 is 5.24. The van der Waals surface area contributed by atoms with E-state index in [9.17, 15) is 9.59 Å². The van der Waals surface area contributed by atoms with Crippen LogP contribution in [0.5, 0.6) is 5.75 Å². The SMILES string of the molecule is COc1ccc(C(CC(=O)Nc2ccc3c(c2)N(C(C)=O)CC3)C2CC2)cc1. The molecule has 4 rings (SSSR count). The lowest BCUT2D eigenvalue weighted by Crippen LogP contribution is -2.25. The van der Waals surface area contributed by atoms with Gasteiger partial charge < -0.3 is 15.0 Å². The molecule has 1 aliphatic heterocycles. The number of benzene rings is 2. The number of amides is 2. The van der Waals surface area contributed by atoms with Gasteiger partial charge in [-0.05, 0) is 66.5 Å². The number of ether oxygens (including phenoxy) is 1. The van der Waals surface area contributed by atoms with Crippen LogP contribution in [0.4, 0.5) is 11.4 Å². The van der Waals surface area contributed by atoms with Crippen LogP contribution in [0.1, 0.15) is 43.2 Å². The molecule has 28 heavy (non-hydrogen) atoms. The second-order valence-electron chi connectivity index (χ2n) is 7.73. The Kier molecular flexibility index (Phi) is 5.07.